The largest absolute Gasteiger partial charge is 0.487 e. The van der Waals surface area contributed by atoms with Gasteiger partial charge in [0.05, 0.1) is 29.8 Å². The van der Waals surface area contributed by atoms with Crippen LogP contribution < -0.4 is 32.2 Å². The zero-order valence-corrected chi connectivity index (χ0v) is 16.2. The standard InChI is InChI=1S/C17H28ClN7O2/c1-25-5-3-11(9-25)27-13-2-4-21-8-12(13)24-17(26)14(15(19)20)16-22-6-10(18)7-23-16/h2,4,8,10-11,14-16,22-23H,3,5-7,9,19-20H2,1H3,(H,24,26)/t10?,11-,14?,16?/m1/s1. The summed E-state index contributed by atoms with van der Waals surface area (Å²) >= 11 is 6.07. The van der Waals surface area contributed by atoms with Crippen molar-refractivity contribution in [2.24, 2.45) is 17.4 Å². The Hall–Kier alpha value is -1.49. The zero-order valence-electron chi connectivity index (χ0n) is 15.4. The summed E-state index contributed by atoms with van der Waals surface area (Å²) in [5.74, 6) is -0.391. The first-order valence-corrected chi connectivity index (χ1v) is 9.59. The molecule has 1 amide bonds. The molecule has 3 rings (SSSR count). The molecule has 10 heteroatoms. The number of ether oxygens (including phenoxy) is 1. The SMILES string of the molecule is CN1CC[C@@H](Oc2ccncc2NC(=O)C(C(N)N)C2NCC(Cl)CN2)C1. The van der Waals surface area contributed by atoms with E-state index in [0.717, 1.165) is 19.5 Å². The Labute approximate surface area is 164 Å². The summed E-state index contributed by atoms with van der Waals surface area (Å²) in [6.45, 7) is 2.99. The van der Waals surface area contributed by atoms with Gasteiger partial charge in [-0.3, -0.25) is 20.4 Å². The molecule has 0 bridgehead atoms. The Balaban J connectivity index is 1.68. The van der Waals surface area contributed by atoms with Crippen LogP contribution in [0.15, 0.2) is 18.5 Å². The molecule has 3 heterocycles. The molecule has 1 aromatic rings. The minimum atomic E-state index is -0.841. The van der Waals surface area contributed by atoms with Crippen LogP contribution in [0.25, 0.3) is 0 Å². The van der Waals surface area contributed by atoms with E-state index in [1.54, 1.807) is 18.5 Å². The topological polar surface area (TPSA) is 131 Å². The van der Waals surface area contributed by atoms with Gasteiger partial charge in [-0.1, -0.05) is 0 Å². The molecular formula is C17H28ClN7O2. The molecule has 1 unspecified atom stereocenters. The Bertz CT molecular complexity index is 639. The number of hydrogen-bond acceptors (Lipinski definition) is 8. The van der Waals surface area contributed by atoms with Crippen LogP contribution in [0, 0.1) is 5.92 Å². The van der Waals surface area contributed by atoms with Crippen molar-refractivity contribution in [1.29, 1.82) is 0 Å². The number of carbonyl (C=O) groups is 1. The summed E-state index contributed by atoms with van der Waals surface area (Å²) in [5.41, 5.74) is 12.3. The van der Waals surface area contributed by atoms with Crippen molar-refractivity contribution in [3.05, 3.63) is 18.5 Å². The first-order chi connectivity index (χ1) is 12.9. The highest BCUT2D eigenvalue weighted by Crippen LogP contribution is 2.26. The number of amides is 1. The molecule has 0 spiro atoms. The summed E-state index contributed by atoms with van der Waals surface area (Å²) in [7, 11) is 2.06. The molecule has 2 aliphatic rings. The normalized spacial score (nSPS) is 27.5. The lowest BCUT2D eigenvalue weighted by Crippen LogP contribution is -2.64. The van der Waals surface area contributed by atoms with Crippen LogP contribution in [0.5, 0.6) is 5.75 Å². The second-order valence-electron chi connectivity index (χ2n) is 7.15. The van der Waals surface area contributed by atoms with Gasteiger partial charge in [0.15, 0.2) is 0 Å². The highest BCUT2D eigenvalue weighted by molar-refractivity contribution is 6.21. The number of alkyl halides is 1. The van der Waals surface area contributed by atoms with E-state index in [4.69, 9.17) is 27.8 Å². The van der Waals surface area contributed by atoms with E-state index in [9.17, 15) is 4.79 Å². The van der Waals surface area contributed by atoms with Crippen LogP contribution in [0.2, 0.25) is 0 Å². The third-order valence-corrected chi connectivity index (χ3v) is 5.18. The number of carbonyl (C=O) groups excluding carboxylic acids is 1. The van der Waals surface area contributed by atoms with E-state index in [2.05, 4.69) is 32.9 Å². The Kier molecular flexibility index (Phi) is 6.85. The molecule has 7 N–H and O–H groups in total. The molecule has 0 radical (unpaired) electrons. The first kappa shape index (κ1) is 20.2. The van der Waals surface area contributed by atoms with E-state index >= 15 is 0 Å². The van der Waals surface area contributed by atoms with Gasteiger partial charge in [-0.15, -0.1) is 11.6 Å². The van der Waals surface area contributed by atoms with Crippen molar-refractivity contribution in [2.45, 2.75) is 30.2 Å². The Morgan fingerprint density at radius 3 is 2.81 bits per heavy atom. The number of likely N-dealkylation sites (N-methyl/N-ethyl adjacent to an activating group) is 1. The van der Waals surface area contributed by atoms with Crippen LogP contribution in [0.1, 0.15) is 6.42 Å². The molecule has 1 aromatic heterocycles. The molecule has 2 fully saturated rings. The lowest BCUT2D eigenvalue weighted by atomic mass is 10.00. The highest BCUT2D eigenvalue weighted by atomic mass is 35.5. The van der Waals surface area contributed by atoms with Gasteiger partial charge in [0.2, 0.25) is 5.91 Å². The Morgan fingerprint density at radius 2 is 2.19 bits per heavy atom. The smallest absolute Gasteiger partial charge is 0.233 e. The average molecular weight is 398 g/mol. The Morgan fingerprint density at radius 1 is 1.44 bits per heavy atom. The fourth-order valence-electron chi connectivity index (χ4n) is 3.42. The number of nitrogens with zero attached hydrogens (tertiary/aromatic N) is 2. The van der Waals surface area contributed by atoms with Crippen molar-refractivity contribution in [3.63, 3.8) is 0 Å². The van der Waals surface area contributed by atoms with Crippen molar-refractivity contribution < 1.29 is 9.53 Å². The van der Waals surface area contributed by atoms with Gasteiger partial charge in [-0.25, -0.2) is 0 Å². The lowest BCUT2D eigenvalue weighted by Gasteiger charge is -2.35. The average Bonchev–Trinajstić information content (AvgIpc) is 3.03. The van der Waals surface area contributed by atoms with Crippen molar-refractivity contribution in [1.82, 2.24) is 20.5 Å². The van der Waals surface area contributed by atoms with E-state index < -0.39 is 12.1 Å². The number of aromatic nitrogens is 1. The number of pyridine rings is 1. The number of nitrogens with one attached hydrogen (secondary N) is 3. The fourth-order valence-corrected chi connectivity index (χ4v) is 3.60. The summed E-state index contributed by atoms with van der Waals surface area (Å²) in [5, 5.41) is 9.19. The number of likely N-dealkylation sites (tertiary alicyclic amines) is 1. The van der Waals surface area contributed by atoms with Gasteiger partial charge in [0.25, 0.3) is 0 Å². The number of hydrogen-bond donors (Lipinski definition) is 5. The van der Waals surface area contributed by atoms with Crippen LogP contribution in [0.3, 0.4) is 0 Å². The predicted octanol–water partition coefficient (Wildman–Crippen LogP) is -0.911. The molecule has 0 saturated carbocycles. The molecule has 150 valence electrons. The molecule has 0 aromatic carbocycles. The van der Waals surface area contributed by atoms with E-state index in [0.29, 0.717) is 24.5 Å². The third-order valence-electron chi connectivity index (χ3n) is 4.88. The summed E-state index contributed by atoms with van der Waals surface area (Å²) < 4.78 is 6.07. The van der Waals surface area contributed by atoms with Crippen molar-refractivity contribution >= 4 is 23.2 Å². The van der Waals surface area contributed by atoms with Crippen LogP contribution in [-0.4, -0.2) is 72.8 Å². The van der Waals surface area contributed by atoms with Gasteiger partial charge in [0.1, 0.15) is 17.5 Å². The summed E-state index contributed by atoms with van der Waals surface area (Å²) in [6, 6.07) is 1.75. The highest BCUT2D eigenvalue weighted by Gasteiger charge is 2.35. The zero-order chi connectivity index (χ0) is 19.4. The first-order valence-electron chi connectivity index (χ1n) is 9.16. The molecule has 2 saturated heterocycles. The minimum absolute atomic E-state index is 0.0400. The third kappa shape index (κ3) is 5.28. The molecule has 2 aliphatic heterocycles. The monoisotopic (exact) mass is 397 g/mol. The van der Waals surface area contributed by atoms with Crippen LogP contribution in [-0.2, 0) is 4.79 Å². The van der Waals surface area contributed by atoms with Crippen molar-refractivity contribution in [2.75, 3.05) is 38.5 Å². The maximum Gasteiger partial charge on any atom is 0.233 e. The molecule has 2 atom stereocenters. The molecular weight excluding hydrogens is 370 g/mol. The maximum absolute atomic E-state index is 12.9. The maximum atomic E-state index is 12.9. The second kappa shape index (κ2) is 9.13. The minimum Gasteiger partial charge on any atom is -0.487 e. The van der Waals surface area contributed by atoms with Gasteiger partial charge < -0.3 is 26.4 Å². The van der Waals surface area contributed by atoms with Gasteiger partial charge in [-0.05, 0) is 13.5 Å². The van der Waals surface area contributed by atoms with Gasteiger partial charge >= 0.3 is 0 Å². The summed E-state index contributed by atoms with van der Waals surface area (Å²) in [4.78, 5) is 19.2. The second-order valence-corrected chi connectivity index (χ2v) is 7.76. The number of rotatable bonds is 6. The lowest BCUT2D eigenvalue weighted by molar-refractivity contribution is -0.121. The van der Waals surface area contributed by atoms with E-state index in [1.165, 1.54) is 0 Å². The van der Waals surface area contributed by atoms with E-state index in [-0.39, 0.29) is 23.6 Å². The van der Waals surface area contributed by atoms with Gasteiger partial charge in [-0.2, -0.15) is 0 Å². The molecule has 0 aliphatic carbocycles. The predicted molar refractivity (Wildman–Crippen MR) is 104 cm³/mol. The van der Waals surface area contributed by atoms with Gasteiger partial charge in [0, 0.05) is 38.4 Å². The number of halogens is 1. The van der Waals surface area contributed by atoms with Crippen LogP contribution in [0.4, 0.5) is 5.69 Å². The quantitative estimate of drug-likeness (QED) is 0.308. The van der Waals surface area contributed by atoms with Crippen LogP contribution >= 0.6 is 11.6 Å². The van der Waals surface area contributed by atoms with E-state index in [1.807, 2.05) is 0 Å². The number of nitrogens with two attached hydrogens (primary N) is 2. The molecule has 9 nitrogen and oxygen atoms in total. The summed E-state index contributed by atoms with van der Waals surface area (Å²) in [6.07, 6.45) is 3.04. The molecule has 27 heavy (non-hydrogen) atoms. The number of anilines is 1. The van der Waals surface area contributed by atoms with Crippen molar-refractivity contribution in [3.8, 4) is 5.75 Å². The fraction of sp³-hybridized carbons (Fsp3) is 0.647.